The number of benzene rings is 1. The average molecular weight is 280 g/mol. The van der Waals surface area contributed by atoms with Crippen LogP contribution in [0, 0.1) is 6.92 Å². The van der Waals surface area contributed by atoms with Crippen molar-refractivity contribution >= 4 is 21.9 Å². The number of aryl methyl sites for hydroxylation is 2. The summed E-state index contributed by atoms with van der Waals surface area (Å²) in [6, 6.07) is 6.19. The van der Waals surface area contributed by atoms with Gasteiger partial charge in [-0.3, -0.25) is 4.57 Å². The summed E-state index contributed by atoms with van der Waals surface area (Å²) in [4.78, 5) is 4.21. The van der Waals surface area contributed by atoms with Crippen LogP contribution >= 0.6 is 15.9 Å². The minimum atomic E-state index is 0.537. The molecule has 0 fully saturated rings. The first-order chi connectivity index (χ1) is 7.61. The topological polar surface area (TPSA) is 43.8 Å². The fourth-order valence-electron chi connectivity index (χ4n) is 1.78. The predicted molar refractivity (Wildman–Crippen MR) is 69.8 cm³/mol. The summed E-state index contributed by atoms with van der Waals surface area (Å²) in [5.74, 6) is 0.537. The lowest BCUT2D eigenvalue weighted by molar-refractivity contribution is 1.01. The van der Waals surface area contributed by atoms with Crippen LogP contribution in [0.4, 0.5) is 5.95 Å². The van der Waals surface area contributed by atoms with Gasteiger partial charge >= 0.3 is 0 Å². The van der Waals surface area contributed by atoms with E-state index < -0.39 is 0 Å². The van der Waals surface area contributed by atoms with Crippen LogP contribution in [0.15, 0.2) is 28.9 Å². The molecule has 0 aliphatic rings. The van der Waals surface area contributed by atoms with Gasteiger partial charge < -0.3 is 5.73 Å². The van der Waals surface area contributed by atoms with Crippen molar-refractivity contribution in [3.63, 3.8) is 0 Å². The Morgan fingerprint density at radius 2 is 2.19 bits per heavy atom. The monoisotopic (exact) mass is 279 g/mol. The van der Waals surface area contributed by atoms with E-state index in [0.717, 1.165) is 22.3 Å². The molecule has 0 bridgehead atoms. The zero-order chi connectivity index (χ0) is 11.7. The molecule has 1 heterocycles. The van der Waals surface area contributed by atoms with Gasteiger partial charge in [0.15, 0.2) is 0 Å². The summed E-state index contributed by atoms with van der Waals surface area (Å²) in [7, 11) is 0. The van der Waals surface area contributed by atoms with Gasteiger partial charge in [-0.2, -0.15) is 0 Å². The molecule has 84 valence electrons. The van der Waals surface area contributed by atoms with E-state index in [4.69, 9.17) is 5.73 Å². The van der Waals surface area contributed by atoms with E-state index in [2.05, 4.69) is 40.0 Å². The highest BCUT2D eigenvalue weighted by Crippen LogP contribution is 2.23. The Bertz CT molecular complexity index is 517. The minimum absolute atomic E-state index is 0.537. The Kier molecular flexibility index (Phi) is 3.01. The van der Waals surface area contributed by atoms with E-state index in [1.807, 2.05) is 23.8 Å². The predicted octanol–water partition coefficient (Wildman–Crippen LogP) is 3.09. The first-order valence-electron chi connectivity index (χ1n) is 5.22. The number of hydrogen-bond acceptors (Lipinski definition) is 2. The van der Waals surface area contributed by atoms with Crippen molar-refractivity contribution in [1.82, 2.24) is 9.55 Å². The smallest absolute Gasteiger partial charge is 0.205 e. The largest absolute Gasteiger partial charge is 0.369 e. The zero-order valence-corrected chi connectivity index (χ0v) is 11.0. The van der Waals surface area contributed by atoms with E-state index in [9.17, 15) is 0 Å². The lowest BCUT2D eigenvalue weighted by atomic mass is 10.1. The second kappa shape index (κ2) is 4.29. The minimum Gasteiger partial charge on any atom is -0.369 e. The lowest BCUT2D eigenvalue weighted by Gasteiger charge is -2.10. The SMILES string of the molecule is CCc1cc(Br)ccc1-n1cc(C)nc1N. The number of anilines is 1. The molecule has 1 aromatic carbocycles. The number of aromatic nitrogens is 2. The van der Waals surface area contributed by atoms with Gasteiger partial charge in [-0.1, -0.05) is 22.9 Å². The molecule has 0 atom stereocenters. The molecule has 0 unspecified atom stereocenters. The number of nitrogens with two attached hydrogens (primary N) is 1. The molecule has 2 aromatic rings. The summed E-state index contributed by atoms with van der Waals surface area (Å²) in [6.45, 7) is 4.07. The van der Waals surface area contributed by atoms with Gasteiger partial charge in [-0.25, -0.2) is 4.98 Å². The van der Waals surface area contributed by atoms with E-state index >= 15 is 0 Å². The molecule has 0 saturated carbocycles. The Morgan fingerprint density at radius 1 is 1.44 bits per heavy atom. The molecule has 3 nitrogen and oxygen atoms in total. The van der Waals surface area contributed by atoms with Crippen LogP contribution in [-0.2, 0) is 6.42 Å². The van der Waals surface area contributed by atoms with Gasteiger partial charge in [-0.15, -0.1) is 0 Å². The third-order valence-electron chi connectivity index (χ3n) is 2.54. The Balaban J connectivity index is 2.59. The standard InChI is InChI=1S/C12H14BrN3/c1-3-9-6-10(13)4-5-11(9)16-7-8(2)15-12(16)14/h4-7H,3H2,1-2H3,(H2,14,15). The van der Waals surface area contributed by atoms with E-state index in [-0.39, 0.29) is 0 Å². The van der Waals surface area contributed by atoms with Crippen molar-refractivity contribution in [1.29, 1.82) is 0 Å². The van der Waals surface area contributed by atoms with Gasteiger partial charge in [0.1, 0.15) is 0 Å². The fraction of sp³-hybridized carbons (Fsp3) is 0.250. The Morgan fingerprint density at radius 3 is 2.75 bits per heavy atom. The fourth-order valence-corrected chi connectivity index (χ4v) is 2.19. The maximum atomic E-state index is 5.88. The van der Waals surface area contributed by atoms with E-state index in [0.29, 0.717) is 5.95 Å². The number of hydrogen-bond donors (Lipinski definition) is 1. The van der Waals surface area contributed by atoms with Crippen LogP contribution in [0.25, 0.3) is 5.69 Å². The molecular formula is C12H14BrN3. The number of nitrogens with zero attached hydrogens (tertiary/aromatic N) is 2. The van der Waals surface area contributed by atoms with Crippen LogP contribution in [0.1, 0.15) is 18.2 Å². The molecule has 2 N–H and O–H groups in total. The maximum Gasteiger partial charge on any atom is 0.205 e. The van der Waals surface area contributed by atoms with Crippen molar-refractivity contribution in [2.24, 2.45) is 0 Å². The van der Waals surface area contributed by atoms with Crippen LogP contribution in [-0.4, -0.2) is 9.55 Å². The quantitative estimate of drug-likeness (QED) is 0.918. The maximum absolute atomic E-state index is 5.88. The van der Waals surface area contributed by atoms with Crippen molar-refractivity contribution < 1.29 is 0 Å². The molecule has 0 radical (unpaired) electrons. The highest BCUT2D eigenvalue weighted by Gasteiger charge is 2.08. The molecule has 0 amide bonds. The summed E-state index contributed by atoms with van der Waals surface area (Å²) in [5, 5.41) is 0. The summed E-state index contributed by atoms with van der Waals surface area (Å²) in [5.41, 5.74) is 9.16. The molecule has 2 rings (SSSR count). The first kappa shape index (κ1) is 11.2. The van der Waals surface area contributed by atoms with E-state index in [1.54, 1.807) is 0 Å². The number of nitrogen functional groups attached to an aromatic ring is 1. The molecule has 1 aromatic heterocycles. The average Bonchev–Trinajstić information content (AvgIpc) is 2.57. The molecule has 0 aliphatic carbocycles. The molecular weight excluding hydrogens is 266 g/mol. The Hall–Kier alpha value is -1.29. The highest BCUT2D eigenvalue weighted by molar-refractivity contribution is 9.10. The molecule has 0 aliphatic heterocycles. The summed E-state index contributed by atoms with van der Waals surface area (Å²) in [6.07, 6.45) is 2.92. The summed E-state index contributed by atoms with van der Waals surface area (Å²) >= 11 is 3.48. The van der Waals surface area contributed by atoms with Gasteiger partial charge in [0, 0.05) is 10.7 Å². The molecule has 16 heavy (non-hydrogen) atoms. The van der Waals surface area contributed by atoms with Crippen LogP contribution in [0.5, 0.6) is 0 Å². The summed E-state index contributed by atoms with van der Waals surface area (Å²) < 4.78 is 3.02. The van der Waals surface area contributed by atoms with Crippen molar-refractivity contribution in [3.8, 4) is 5.69 Å². The lowest BCUT2D eigenvalue weighted by Crippen LogP contribution is -2.02. The number of halogens is 1. The number of rotatable bonds is 2. The van der Waals surface area contributed by atoms with Gasteiger partial charge in [0.05, 0.1) is 11.4 Å². The second-order valence-corrected chi connectivity index (χ2v) is 4.65. The molecule has 4 heteroatoms. The highest BCUT2D eigenvalue weighted by atomic mass is 79.9. The first-order valence-corrected chi connectivity index (χ1v) is 6.01. The van der Waals surface area contributed by atoms with Gasteiger partial charge in [-0.05, 0) is 37.1 Å². The van der Waals surface area contributed by atoms with Crippen molar-refractivity contribution in [2.75, 3.05) is 5.73 Å². The van der Waals surface area contributed by atoms with Gasteiger partial charge in [0.2, 0.25) is 5.95 Å². The van der Waals surface area contributed by atoms with Crippen LogP contribution in [0.2, 0.25) is 0 Å². The van der Waals surface area contributed by atoms with Gasteiger partial charge in [0.25, 0.3) is 0 Å². The van der Waals surface area contributed by atoms with Crippen molar-refractivity contribution in [2.45, 2.75) is 20.3 Å². The van der Waals surface area contributed by atoms with Crippen molar-refractivity contribution in [3.05, 3.63) is 40.1 Å². The molecule has 0 spiro atoms. The van der Waals surface area contributed by atoms with E-state index in [1.165, 1.54) is 5.56 Å². The molecule has 0 saturated heterocycles. The van der Waals surface area contributed by atoms with Crippen LogP contribution in [0.3, 0.4) is 0 Å². The normalized spacial score (nSPS) is 10.7. The third kappa shape index (κ3) is 1.97. The third-order valence-corrected chi connectivity index (χ3v) is 3.03. The second-order valence-electron chi connectivity index (χ2n) is 3.74. The zero-order valence-electron chi connectivity index (χ0n) is 9.37. The Labute approximate surface area is 103 Å². The number of imidazole rings is 1. The van der Waals surface area contributed by atoms with Crippen LogP contribution < -0.4 is 5.73 Å².